The summed E-state index contributed by atoms with van der Waals surface area (Å²) in [6.45, 7) is 4.08. The van der Waals surface area contributed by atoms with E-state index in [1.165, 1.54) is 6.92 Å². The molecule has 1 atom stereocenters. The van der Waals surface area contributed by atoms with Crippen molar-refractivity contribution in [1.82, 2.24) is 4.98 Å². The van der Waals surface area contributed by atoms with E-state index in [0.717, 1.165) is 11.3 Å². The van der Waals surface area contributed by atoms with Crippen LogP contribution in [0.3, 0.4) is 0 Å². The third kappa shape index (κ3) is 3.71. The molecule has 1 aromatic heterocycles. The van der Waals surface area contributed by atoms with Gasteiger partial charge in [0.05, 0.1) is 0 Å². The molecule has 0 aliphatic carbocycles. The number of carbonyl (C=O) groups is 2. The molecule has 0 aliphatic rings. The van der Waals surface area contributed by atoms with Gasteiger partial charge < -0.3 is 10.4 Å². The minimum absolute atomic E-state index is 0.165. The van der Waals surface area contributed by atoms with Crippen LogP contribution in [0, 0.1) is 0 Å². The van der Waals surface area contributed by atoms with Gasteiger partial charge in [-0.1, -0.05) is 18.3 Å². The molecule has 5 nitrogen and oxygen atoms in total. The summed E-state index contributed by atoms with van der Waals surface area (Å²) < 4.78 is 0. The summed E-state index contributed by atoms with van der Waals surface area (Å²) in [7, 11) is 0. The highest BCUT2D eigenvalue weighted by atomic mass is 32.2. The predicted molar refractivity (Wildman–Crippen MR) is 70.5 cm³/mol. The zero-order valence-electron chi connectivity index (χ0n) is 9.81. The van der Waals surface area contributed by atoms with Gasteiger partial charge in [0.25, 0.3) is 0 Å². The Hall–Kier alpha value is -1.08. The number of nitrogens with one attached hydrogen (secondary N) is 1. The van der Waals surface area contributed by atoms with Gasteiger partial charge in [0.2, 0.25) is 0 Å². The minimum atomic E-state index is -1.17. The normalized spacial score (nSPS) is 12.2. The topological polar surface area (TPSA) is 79.3 Å². The fourth-order valence-corrected chi connectivity index (χ4v) is 2.20. The summed E-state index contributed by atoms with van der Waals surface area (Å²) in [5, 5.41) is 12.8. The van der Waals surface area contributed by atoms with E-state index in [9.17, 15) is 9.59 Å². The number of rotatable bonds is 6. The summed E-state index contributed by atoms with van der Waals surface area (Å²) in [6, 6.07) is 0. The van der Waals surface area contributed by atoms with Crippen LogP contribution < -0.4 is 5.32 Å². The van der Waals surface area contributed by atoms with E-state index >= 15 is 0 Å². The highest BCUT2D eigenvalue weighted by Gasteiger charge is 2.20. The lowest BCUT2D eigenvalue weighted by Gasteiger charge is -2.07. The van der Waals surface area contributed by atoms with E-state index in [1.807, 2.05) is 6.26 Å². The van der Waals surface area contributed by atoms with Gasteiger partial charge in [-0.2, -0.15) is 11.8 Å². The summed E-state index contributed by atoms with van der Waals surface area (Å²) >= 11 is 2.79. The average molecular weight is 274 g/mol. The molecule has 0 spiro atoms. The quantitative estimate of drug-likeness (QED) is 0.774. The highest BCUT2D eigenvalue weighted by Crippen LogP contribution is 2.24. The Bertz CT molecular complexity index is 400. The van der Waals surface area contributed by atoms with Crippen molar-refractivity contribution in [2.45, 2.75) is 19.1 Å². The number of hydrogen-bond donors (Lipinski definition) is 2. The number of nitrogens with zero attached hydrogens (tertiary/aromatic N) is 1. The Morgan fingerprint density at radius 2 is 2.24 bits per heavy atom. The summed E-state index contributed by atoms with van der Waals surface area (Å²) in [5.74, 6) is -1.44. The number of carboxylic acids is 1. The van der Waals surface area contributed by atoms with E-state index in [4.69, 9.17) is 5.11 Å². The van der Waals surface area contributed by atoms with Crippen LogP contribution in [0.15, 0.2) is 0 Å². The Balaban J connectivity index is 2.85. The van der Waals surface area contributed by atoms with Crippen molar-refractivity contribution in [2.75, 3.05) is 18.1 Å². The van der Waals surface area contributed by atoms with Crippen LogP contribution in [-0.4, -0.2) is 39.9 Å². The molecule has 2 N–H and O–H groups in total. The van der Waals surface area contributed by atoms with Gasteiger partial charge >= 0.3 is 5.97 Å². The lowest BCUT2D eigenvalue weighted by atomic mass is 10.3. The molecule has 0 aliphatic heterocycles. The van der Waals surface area contributed by atoms with Crippen molar-refractivity contribution >= 4 is 40.0 Å². The van der Waals surface area contributed by atoms with E-state index in [1.54, 1.807) is 11.8 Å². The average Bonchev–Trinajstić information content (AvgIpc) is 2.70. The molecule has 0 fully saturated rings. The molecule has 1 aromatic rings. The number of thiazole rings is 1. The van der Waals surface area contributed by atoms with Crippen molar-refractivity contribution in [1.29, 1.82) is 0 Å². The number of carboxylic acid groups (broad SMARTS) is 1. The second kappa shape index (κ2) is 6.02. The standard InChI is InChI=1S/C10H14N2O3S2/c1-5(16-3)4-11-10-12-7(9(14)15)8(17-10)6(2)13/h5H,4H2,1-3H3,(H,11,12)(H,14,15). The van der Waals surface area contributed by atoms with Crippen LogP contribution in [0.2, 0.25) is 0 Å². The number of Topliss-reactive ketones (excluding diaryl/α,β-unsaturated/α-hetero) is 1. The zero-order chi connectivity index (χ0) is 13.0. The lowest BCUT2D eigenvalue weighted by Crippen LogP contribution is -2.12. The highest BCUT2D eigenvalue weighted by molar-refractivity contribution is 7.99. The van der Waals surface area contributed by atoms with Crippen LogP contribution in [0.25, 0.3) is 0 Å². The van der Waals surface area contributed by atoms with E-state index in [2.05, 4.69) is 17.2 Å². The zero-order valence-corrected chi connectivity index (χ0v) is 11.4. The largest absolute Gasteiger partial charge is 0.476 e. The molecule has 1 heterocycles. The van der Waals surface area contributed by atoms with Gasteiger partial charge in [0.15, 0.2) is 16.6 Å². The molecule has 7 heteroatoms. The lowest BCUT2D eigenvalue weighted by molar-refractivity contribution is 0.0687. The first kappa shape index (κ1) is 14.0. The molecule has 0 bridgehead atoms. The molecule has 1 rings (SSSR count). The van der Waals surface area contributed by atoms with Crippen LogP contribution in [0.4, 0.5) is 5.13 Å². The second-order valence-electron chi connectivity index (χ2n) is 3.49. The molecule has 0 aromatic carbocycles. The monoisotopic (exact) mass is 274 g/mol. The fraction of sp³-hybridized carbons (Fsp3) is 0.500. The van der Waals surface area contributed by atoms with Gasteiger partial charge in [-0.3, -0.25) is 4.79 Å². The maximum Gasteiger partial charge on any atom is 0.356 e. The minimum Gasteiger partial charge on any atom is -0.476 e. The second-order valence-corrected chi connectivity index (χ2v) is 5.76. The van der Waals surface area contributed by atoms with Gasteiger partial charge in [-0.15, -0.1) is 0 Å². The molecule has 0 amide bonds. The number of anilines is 1. The Morgan fingerprint density at radius 1 is 1.59 bits per heavy atom. The number of ketones is 1. The Morgan fingerprint density at radius 3 is 2.65 bits per heavy atom. The van der Waals surface area contributed by atoms with Crippen LogP contribution >= 0.6 is 23.1 Å². The van der Waals surface area contributed by atoms with Gasteiger partial charge in [0, 0.05) is 18.7 Å². The Kier molecular flexibility index (Phi) is 4.95. The first-order valence-corrected chi connectivity index (χ1v) is 7.07. The van der Waals surface area contributed by atoms with Crippen LogP contribution in [0.5, 0.6) is 0 Å². The van der Waals surface area contributed by atoms with Gasteiger partial charge in [-0.05, 0) is 6.26 Å². The van der Waals surface area contributed by atoms with E-state index < -0.39 is 5.97 Å². The summed E-state index contributed by atoms with van der Waals surface area (Å²) in [4.78, 5) is 26.3. The molecule has 17 heavy (non-hydrogen) atoms. The SMILES string of the molecule is CSC(C)CNc1nc(C(=O)O)c(C(C)=O)s1. The molecule has 0 radical (unpaired) electrons. The Labute approximate surface area is 108 Å². The first-order chi connectivity index (χ1) is 7.95. The number of aromatic nitrogens is 1. The fourth-order valence-electron chi connectivity index (χ4n) is 1.09. The van der Waals surface area contributed by atoms with Crippen molar-refractivity contribution < 1.29 is 14.7 Å². The number of thioether (sulfide) groups is 1. The molecule has 94 valence electrons. The van der Waals surface area contributed by atoms with Gasteiger partial charge in [-0.25, -0.2) is 9.78 Å². The summed E-state index contributed by atoms with van der Waals surface area (Å²) in [5.41, 5.74) is -0.165. The van der Waals surface area contributed by atoms with Crippen molar-refractivity contribution in [3.05, 3.63) is 10.6 Å². The molecular formula is C10H14N2O3S2. The van der Waals surface area contributed by atoms with E-state index in [0.29, 0.717) is 16.9 Å². The van der Waals surface area contributed by atoms with Crippen LogP contribution in [0.1, 0.15) is 34.0 Å². The third-order valence-corrected chi connectivity index (χ3v) is 4.18. The van der Waals surface area contributed by atoms with Crippen molar-refractivity contribution in [3.63, 3.8) is 0 Å². The van der Waals surface area contributed by atoms with Crippen LogP contribution in [-0.2, 0) is 0 Å². The maximum atomic E-state index is 11.3. The van der Waals surface area contributed by atoms with Crippen molar-refractivity contribution in [2.24, 2.45) is 0 Å². The maximum absolute atomic E-state index is 11.3. The van der Waals surface area contributed by atoms with Gasteiger partial charge in [0.1, 0.15) is 4.88 Å². The van der Waals surface area contributed by atoms with Crippen molar-refractivity contribution in [3.8, 4) is 0 Å². The molecule has 0 saturated heterocycles. The van der Waals surface area contributed by atoms with E-state index in [-0.39, 0.29) is 16.4 Å². The predicted octanol–water partition coefficient (Wildman–Crippen LogP) is 2.21. The number of carbonyl (C=O) groups excluding carboxylic acids is 1. The number of aromatic carboxylic acids is 1. The molecule has 0 saturated carbocycles. The molecule has 1 unspecified atom stereocenters. The third-order valence-electron chi connectivity index (χ3n) is 2.09. The molecular weight excluding hydrogens is 260 g/mol. The smallest absolute Gasteiger partial charge is 0.356 e. The summed E-state index contributed by atoms with van der Waals surface area (Å²) in [6.07, 6.45) is 2.00. The first-order valence-electron chi connectivity index (χ1n) is 4.97. The number of hydrogen-bond acceptors (Lipinski definition) is 6.